The predicted octanol–water partition coefficient (Wildman–Crippen LogP) is 8.83. The number of rotatable bonds is 19. The van der Waals surface area contributed by atoms with Crippen molar-refractivity contribution in [2.75, 3.05) is 26.9 Å². The molecule has 312 valence electrons. The van der Waals surface area contributed by atoms with Crippen LogP contribution in [0.3, 0.4) is 0 Å². The van der Waals surface area contributed by atoms with Crippen molar-refractivity contribution >= 4 is 11.6 Å². The number of allylic oxidation sites excluding steroid dienone is 1. The van der Waals surface area contributed by atoms with Crippen molar-refractivity contribution in [1.29, 1.82) is 0 Å². The topological polar surface area (TPSA) is 123 Å². The number of ether oxygens (including phenoxy) is 3. The Balaban J connectivity index is 1.51. The first-order chi connectivity index (χ1) is 27.5. The van der Waals surface area contributed by atoms with Crippen LogP contribution in [0.15, 0.2) is 65.9 Å². The molecule has 0 spiro atoms. The fraction of sp³-hybridized carbons (Fsp3) is 0.638. The molecule has 6 atom stereocenters. The molecule has 2 fully saturated rings. The van der Waals surface area contributed by atoms with Gasteiger partial charge in [0.15, 0.2) is 0 Å². The van der Waals surface area contributed by atoms with E-state index in [1.165, 1.54) is 25.7 Å². The number of hydrogen-bond acceptors (Lipinski definition) is 9. The van der Waals surface area contributed by atoms with Crippen LogP contribution in [0.5, 0.6) is 11.5 Å². The van der Waals surface area contributed by atoms with Gasteiger partial charge in [-0.2, -0.15) is 0 Å². The number of oxime groups is 1. The highest BCUT2D eigenvalue weighted by Gasteiger charge is 2.65. The summed E-state index contributed by atoms with van der Waals surface area (Å²) in [4.78, 5) is 27.1. The van der Waals surface area contributed by atoms with Crippen molar-refractivity contribution in [3.63, 3.8) is 0 Å². The van der Waals surface area contributed by atoms with Crippen LogP contribution >= 0.6 is 0 Å². The van der Waals surface area contributed by atoms with Crippen molar-refractivity contribution in [3.8, 4) is 11.5 Å². The molecule has 2 saturated carbocycles. The van der Waals surface area contributed by atoms with E-state index in [0.29, 0.717) is 37.5 Å². The van der Waals surface area contributed by atoms with Crippen LogP contribution in [0.4, 0.5) is 0 Å². The van der Waals surface area contributed by atoms with Gasteiger partial charge in [0.1, 0.15) is 29.7 Å². The summed E-state index contributed by atoms with van der Waals surface area (Å²) in [6.07, 6.45) is 15.7. The Morgan fingerprint density at radius 2 is 1.82 bits per heavy atom. The number of fused-ring (bicyclic) bond motifs is 2. The second-order valence-corrected chi connectivity index (χ2v) is 17.7. The maximum absolute atomic E-state index is 14.3. The largest absolute Gasteiger partial charge is 0.487 e. The number of carbonyl (C=O) groups excluding carboxylic acids is 1. The molecule has 10 heteroatoms. The molecule has 1 aliphatic heterocycles. The summed E-state index contributed by atoms with van der Waals surface area (Å²) >= 11 is 0. The Morgan fingerprint density at radius 1 is 1.07 bits per heavy atom. The molecule has 1 aromatic heterocycles. The Kier molecular flexibility index (Phi) is 14.5. The molecule has 6 unspecified atom stereocenters. The summed E-state index contributed by atoms with van der Waals surface area (Å²) in [5.74, 6) is 0.679. The van der Waals surface area contributed by atoms with Gasteiger partial charge in [-0.25, -0.2) is 0 Å². The molecule has 0 radical (unpaired) electrons. The van der Waals surface area contributed by atoms with E-state index in [0.717, 1.165) is 72.5 Å². The minimum atomic E-state index is -1.25. The number of carbonyl (C=O) groups is 1. The number of hydrogen-bond donors (Lipinski definition) is 2. The molecule has 0 bridgehead atoms. The lowest BCUT2D eigenvalue weighted by atomic mass is 9.55. The standard InChI is InChI=1S/C47H67N3O7/c1-7-27-55-47-42(50(6)43(53)24-21-33-16-8-9-17-33)30-40(49-57-46(3,4)5)38-28-34(18-10-12-25-51)37(20-11-13-26-52)44(45(38)47)39-29-36(22-23-41(39)56-47)54-31-35-19-14-15-32(2)48-35/h7,14-15,19,22-23,28-29,33-34,37,42,44-45,51-52H,1,8-13,16-18,20-21,24-27,30-31H2,2-6H3. The number of likely N-dealkylation sites (N-methyl/N-ethyl adjacent to an activating group) is 1. The smallest absolute Gasteiger partial charge is 0.239 e. The summed E-state index contributed by atoms with van der Waals surface area (Å²) in [6.45, 7) is 12.8. The van der Waals surface area contributed by atoms with Gasteiger partial charge in [-0.15, -0.1) is 6.58 Å². The van der Waals surface area contributed by atoms with E-state index in [4.69, 9.17) is 24.2 Å². The van der Waals surface area contributed by atoms with Gasteiger partial charge in [0, 0.05) is 50.3 Å². The molecule has 3 aliphatic carbocycles. The van der Waals surface area contributed by atoms with E-state index in [-0.39, 0.29) is 49.4 Å². The molecule has 10 nitrogen and oxygen atoms in total. The molecular formula is C47H67N3O7. The minimum absolute atomic E-state index is 0.0774. The van der Waals surface area contributed by atoms with E-state index >= 15 is 0 Å². The van der Waals surface area contributed by atoms with Crippen LogP contribution < -0.4 is 9.47 Å². The summed E-state index contributed by atoms with van der Waals surface area (Å²) in [6, 6.07) is 11.5. The molecule has 2 heterocycles. The Bertz CT molecular complexity index is 1730. The van der Waals surface area contributed by atoms with Crippen LogP contribution in [0.2, 0.25) is 0 Å². The highest BCUT2D eigenvalue weighted by atomic mass is 16.7. The van der Waals surface area contributed by atoms with E-state index in [9.17, 15) is 15.0 Å². The molecule has 2 N–H and O–H groups in total. The van der Waals surface area contributed by atoms with Gasteiger partial charge in [-0.1, -0.05) is 61.9 Å². The zero-order chi connectivity index (χ0) is 40.6. The Hall–Kier alpha value is -3.73. The first-order valence-corrected chi connectivity index (χ1v) is 21.6. The molecule has 4 aliphatic rings. The lowest BCUT2D eigenvalue weighted by Crippen LogP contribution is -2.69. The minimum Gasteiger partial charge on any atom is -0.487 e. The number of aliphatic hydroxyl groups excluding tert-OH is 2. The fourth-order valence-electron chi connectivity index (χ4n) is 9.82. The second-order valence-electron chi connectivity index (χ2n) is 17.7. The number of aromatic nitrogens is 1. The van der Waals surface area contributed by atoms with Gasteiger partial charge in [0.2, 0.25) is 11.7 Å². The second kappa shape index (κ2) is 19.3. The summed E-state index contributed by atoms with van der Waals surface area (Å²) in [5.41, 5.74) is 4.13. The zero-order valence-corrected chi connectivity index (χ0v) is 35.1. The molecule has 1 amide bonds. The monoisotopic (exact) mass is 785 g/mol. The van der Waals surface area contributed by atoms with Crippen LogP contribution in [0.1, 0.15) is 127 Å². The van der Waals surface area contributed by atoms with Crippen LogP contribution in [-0.2, 0) is 21.0 Å². The van der Waals surface area contributed by atoms with Crippen molar-refractivity contribution < 1.29 is 34.1 Å². The zero-order valence-electron chi connectivity index (χ0n) is 35.1. The maximum Gasteiger partial charge on any atom is 0.239 e. The molecule has 1 aromatic carbocycles. The third-order valence-corrected chi connectivity index (χ3v) is 12.5. The molecular weight excluding hydrogens is 719 g/mol. The molecule has 0 saturated heterocycles. The van der Waals surface area contributed by atoms with Gasteiger partial charge >= 0.3 is 0 Å². The third kappa shape index (κ3) is 10.1. The van der Waals surface area contributed by atoms with Gasteiger partial charge in [-0.05, 0) is 113 Å². The average molecular weight is 786 g/mol. The number of aliphatic hydroxyl groups is 2. The summed E-state index contributed by atoms with van der Waals surface area (Å²) < 4.78 is 20.8. The average Bonchev–Trinajstić information content (AvgIpc) is 3.72. The SMILES string of the molecule is C=CCOC12Oc3ccc(OCc4cccc(C)n4)cc3C3C(CCCCO)C(CCCCO)C=C(C(=NOC(C)(C)C)CC1N(C)C(=O)CCC1CCCC1)C32. The van der Waals surface area contributed by atoms with Crippen LogP contribution in [0.25, 0.3) is 0 Å². The summed E-state index contributed by atoms with van der Waals surface area (Å²) in [7, 11) is 1.90. The van der Waals surface area contributed by atoms with Crippen LogP contribution in [0, 0.1) is 30.6 Å². The fourth-order valence-corrected chi connectivity index (χ4v) is 9.82. The molecule has 6 rings (SSSR count). The van der Waals surface area contributed by atoms with E-state index in [2.05, 4.69) is 23.7 Å². The quantitative estimate of drug-likeness (QED) is 0.0824. The number of nitrogens with zero attached hydrogens (tertiary/aromatic N) is 3. The van der Waals surface area contributed by atoms with Crippen molar-refractivity contribution in [2.24, 2.45) is 28.8 Å². The highest BCUT2D eigenvalue weighted by Crippen LogP contribution is 2.62. The molecule has 57 heavy (non-hydrogen) atoms. The highest BCUT2D eigenvalue weighted by molar-refractivity contribution is 6.03. The van der Waals surface area contributed by atoms with Gasteiger partial charge in [0.25, 0.3) is 0 Å². The number of benzene rings is 1. The number of pyridine rings is 1. The van der Waals surface area contributed by atoms with Crippen molar-refractivity contribution in [1.82, 2.24) is 9.88 Å². The maximum atomic E-state index is 14.3. The lowest BCUT2D eigenvalue weighted by molar-refractivity contribution is -0.255. The summed E-state index contributed by atoms with van der Waals surface area (Å²) in [5, 5.41) is 24.7. The van der Waals surface area contributed by atoms with Crippen molar-refractivity contribution in [2.45, 2.75) is 141 Å². The van der Waals surface area contributed by atoms with E-state index in [1.807, 2.05) is 70.0 Å². The number of unbranched alkanes of at least 4 members (excludes halogenated alkanes) is 2. The number of amides is 1. The normalized spacial score (nSPS) is 26.3. The third-order valence-electron chi connectivity index (χ3n) is 12.5. The van der Waals surface area contributed by atoms with E-state index < -0.39 is 17.4 Å². The van der Waals surface area contributed by atoms with Gasteiger partial charge < -0.3 is 34.2 Å². The van der Waals surface area contributed by atoms with Gasteiger partial charge in [-0.3, -0.25) is 9.78 Å². The van der Waals surface area contributed by atoms with Gasteiger partial charge in [0.05, 0.1) is 23.9 Å². The number of aryl methyl sites for hydroxylation is 1. The Morgan fingerprint density at radius 3 is 2.53 bits per heavy atom. The predicted molar refractivity (Wildman–Crippen MR) is 223 cm³/mol. The Labute approximate surface area is 340 Å². The lowest BCUT2D eigenvalue weighted by Gasteiger charge is -2.59. The van der Waals surface area contributed by atoms with E-state index in [1.54, 1.807) is 6.08 Å². The van der Waals surface area contributed by atoms with Crippen LogP contribution in [-0.4, -0.2) is 76.0 Å². The first kappa shape index (κ1) is 42.9. The first-order valence-electron chi connectivity index (χ1n) is 21.6. The molecule has 2 aromatic rings. The van der Waals surface area contributed by atoms with Crippen molar-refractivity contribution in [3.05, 3.63) is 77.7 Å².